The van der Waals surface area contributed by atoms with Crippen LogP contribution in [0.2, 0.25) is 0 Å². The average Bonchev–Trinajstić information content (AvgIpc) is 2.27. The molecule has 10 heteroatoms. The van der Waals surface area contributed by atoms with Crippen molar-refractivity contribution in [2.24, 2.45) is 0 Å². The molecule has 19 heavy (non-hydrogen) atoms. The van der Waals surface area contributed by atoms with Gasteiger partial charge in [-0.05, 0) is 20.8 Å². The van der Waals surface area contributed by atoms with Crippen molar-refractivity contribution in [2.75, 3.05) is 6.61 Å². The second kappa shape index (κ2) is 7.56. The van der Waals surface area contributed by atoms with Crippen LogP contribution in [0.3, 0.4) is 0 Å². The third-order valence-corrected chi connectivity index (χ3v) is 3.60. The Morgan fingerprint density at radius 3 is 1.63 bits per heavy atom. The van der Waals surface area contributed by atoms with Crippen LogP contribution in [0.15, 0.2) is 0 Å². The molecule has 0 aromatic rings. The van der Waals surface area contributed by atoms with E-state index >= 15 is 0 Å². The molecule has 0 saturated heterocycles. The Labute approximate surface area is 109 Å². The van der Waals surface area contributed by atoms with Gasteiger partial charge in [-0.2, -0.15) is 0 Å². The number of carboxylic acid groups (broad SMARTS) is 2. The first-order chi connectivity index (χ1) is 8.61. The lowest BCUT2D eigenvalue weighted by Crippen LogP contribution is -2.26. The van der Waals surface area contributed by atoms with E-state index in [1.54, 1.807) is 0 Å². The largest absolute Gasteiger partial charge is 0.479 e. The molecule has 0 aromatic carbocycles. The first-order valence-corrected chi connectivity index (χ1v) is 6.79. The highest BCUT2D eigenvalue weighted by molar-refractivity contribution is 7.48. The monoisotopic (exact) mass is 300 g/mol. The van der Waals surface area contributed by atoms with E-state index in [1.165, 1.54) is 6.92 Å². The molecule has 0 bridgehead atoms. The zero-order valence-corrected chi connectivity index (χ0v) is 11.6. The second-order valence-electron chi connectivity index (χ2n) is 3.72. The van der Waals surface area contributed by atoms with Crippen molar-refractivity contribution in [3.63, 3.8) is 0 Å². The van der Waals surface area contributed by atoms with Crippen molar-refractivity contribution in [2.45, 2.75) is 39.1 Å². The molecule has 0 rings (SSSR count). The quantitative estimate of drug-likeness (QED) is 0.518. The first-order valence-electron chi connectivity index (χ1n) is 5.33. The molecule has 3 unspecified atom stereocenters. The molecular formula is C9H17O9P. The number of aliphatic hydroxyl groups excluding tert-OH is 1. The lowest BCUT2D eigenvalue weighted by molar-refractivity contribution is -0.148. The predicted octanol–water partition coefficient (Wildman–Crippen LogP) is 0.471. The average molecular weight is 300 g/mol. The first kappa shape index (κ1) is 18.0. The number of carbonyl (C=O) groups is 2. The molecule has 0 spiro atoms. The lowest BCUT2D eigenvalue weighted by Gasteiger charge is -2.23. The molecule has 0 radical (unpaired) electrons. The molecule has 3 N–H and O–H groups in total. The number of carboxylic acids is 2. The molecule has 9 nitrogen and oxygen atoms in total. The molecule has 0 aromatic heterocycles. The highest BCUT2D eigenvalue weighted by Gasteiger charge is 2.37. The maximum atomic E-state index is 12.1. The summed E-state index contributed by atoms with van der Waals surface area (Å²) in [6.07, 6.45) is -4.04. The van der Waals surface area contributed by atoms with Crippen LogP contribution in [-0.4, -0.2) is 52.2 Å². The van der Waals surface area contributed by atoms with Crippen molar-refractivity contribution >= 4 is 19.8 Å². The fourth-order valence-electron chi connectivity index (χ4n) is 0.806. The van der Waals surface area contributed by atoms with Gasteiger partial charge in [-0.1, -0.05) is 0 Å². The molecule has 112 valence electrons. The predicted molar refractivity (Wildman–Crippen MR) is 61.6 cm³/mol. The Hall–Kier alpha value is -0.990. The number of hydrogen-bond acceptors (Lipinski definition) is 7. The van der Waals surface area contributed by atoms with Gasteiger partial charge in [0.2, 0.25) is 0 Å². The highest BCUT2D eigenvalue weighted by atomic mass is 31.2. The van der Waals surface area contributed by atoms with E-state index in [9.17, 15) is 14.2 Å². The van der Waals surface area contributed by atoms with Crippen molar-refractivity contribution in [3.8, 4) is 0 Å². The summed E-state index contributed by atoms with van der Waals surface area (Å²) in [4.78, 5) is 21.3. The van der Waals surface area contributed by atoms with Crippen LogP contribution in [0.4, 0.5) is 0 Å². The summed E-state index contributed by atoms with van der Waals surface area (Å²) in [5.74, 6) is -2.85. The van der Waals surface area contributed by atoms with Crippen LogP contribution in [0.25, 0.3) is 0 Å². The smallest absolute Gasteiger partial charge is 0.476 e. The van der Waals surface area contributed by atoms with E-state index in [0.29, 0.717) is 0 Å². The topological polar surface area (TPSA) is 140 Å². The number of aliphatic carboxylic acids is 2. The molecule has 0 aliphatic rings. The van der Waals surface area contributed by atoms with Gasteiger partial charge in [0.25, 0.3) is 0 Å². The van der Waals surface area contributed by atoms with E-state index < -0.39 is 44.7 Å². The summed E-state index contributed by atoms with van der Waals surface area (Å²) in [5, 5.41) is 26.1. The van der Waals surface area contributed by atoms with Gasteiger partial charge in [0.1, 0.15) is 0 Å². The Balaban J connectivity index is 4.96. The van der Waals surface area contributed by atoms with Crippen molar-refractivity contribution < 1.29 is 43.0 Å². The summed E-state index contributed by atoms with van der Waals surface area (Å²) in [6.45, 7) is 2.96. The third kappa shape index (κ3) is 6.65. The van der Waals surface area contributed by atoms with E-state index in [-0.39, 0.29) is 0 Å². The van der Waals surface area contributed by atoms with Crippen molar-refractivity contribution in [3.05, 3.63) is 0 Å². The second-order valence-corrected chi connectivity index (χ2v) is 5.24. The van der Waals surface area contributed by atoms with E-state index in [1.807, 2.05) is 0 Å². The number of aliphatic hydroxyl groups is 1. The zero-order valence-electron chi connectivity index (χ0n) is 10.7. The molecule has 3 atom stereocenters. The molecule has 0 amide bonds. The minimum atomic E-state index is -4.43. The summed E-state index contributed by atoms with van der Waals surface area (Å²) in [6, 6.07) is 0. The van der Waals surface area contributed by atoms with Gasteiger partial charge >= 0.3 is 19.8 Å². The highest BCUT2D eigenvalue weighted by Crippen LogP contribution is 2.52. The standard InChI is InChI=1S/C9H17O9P/c1-5(4-10)16-19(15,17-6(2)8(11)12)18-7(3)9(13)14/h5-7,10H,4H2,1-3H3,(H,11,12)(H,13,14). The molecule has 0 aliphatic heterocycles. The minimum Gasteiger partial charge on any atom is -0.479 e. The van der Waals surface area contributed by atoms with E-state index in [2.05, 4.69) is 9.05 Å². The van der Waals surface area contributed by atoms with E-state index in [4.69, 9.17) is 19.8 Å². The van der Waals surface area contributed by atoms with Gasteiger partial charge in [-0.15, -0.1) is 0 Å². The van der Waals surface area contributed by atoms with Crippen LogP contribution in [0.1, 0.15) is 20.8 Å². The maximum absolute atomic E-state index is 12.1. The van der Waals surface area contributed by atoms with Gasteiger partial charge in [-0.3, -0.25) is 13.6 Å². The Morgan fingerprint density at radius 2 is 1.37 bits per heavy atom. The molecule has 0 saturated carbocycles. The van der Waals surface area contributed by atoms with Gasteiger partial charge in [0, 0.05) is 0 Å². The van der Waals surface area contributed by atoms with Crippen LogP contribution < -0.4 is 0 Å². The molecular weight excluding hydrogens is 283 g/mol. The Kier molecular flexibility index (Phi) is 7.17. The normalized spacial score (nSPS) is 19.2. The summed E-state index contributed by atoms with van der Waals surface area (Å²) in [5.41, 5.74) is 0. The third-order valence-electron chi connectivity index (χ3n) is 1.84. The van der Waals surface area contributed by atoms with Gasteiger partial charge in [0.05, 0.1) is 12.7 Å². The molecule has 0 fully saturated rings. The maximum Gasteiger partial charge on any atom is 0.476 e. The summed E-state index contributed by atoms with van der Waals surface area (Å²) >= 11 is 0. The van der Waals surface area contributed by atoms with Crippen LogP contribution in [0, 0.1) is 0 Å². The van der Waals surface area contributed by atoms with Crippen LogP contribution in [-0.2, 0) is 27.7 Å². The van der Waals surface area contributed by atoms with Gasteiger partial charge < -0.3 is 15.3 Å². The fraction of sp³-hybridized carbons (Fsp3) is 0.778. The number of hydrogen-bond donors (Lipinski definition) is 3. The summed E-state index contributed by atoms with van der Waals surface area (Å²) in [7, 11) is -4.43. The minimum absolute atomic E-state index is 0.528. The van der Waals surface area contributed by atoms with Crippen molar-refractivity contribution in [1.29, 1.82) is 0 Å². The number of rotatable bonds is 9. The van der Waals surface area contributed by atoms with Gasteiger partial charge in [0.15, 0.2) is 12.2 Å². The molecule has 0 aliphatic carbocycles. The molecule has 0 heterocycles. The SMILES string of the molecule is CC(CO)OP(=O)(OC(C)C(=O)O)OC(C)C(=O)O. The zero-order chi connectivity index (χ0) is 15.2. The van der Waals surface area contributed by atoms with Crippen molar-refractivity contribution in [1.82, 2.24) is 0 Å². The van der Waals surface area contributed by atoms with Crippen LogP contribution in [0.5, 0.6) is 0 Å². The Bertz CT molecular complexity index is 343. The Morgan fingerprint density at radius 1 is 1.00 bits per heavy atom. The number of phosphoric acid groups is 1. The van der Waals surface area contributed by atoms with Crippen LogP contribution >= 0.6 is 7.82 Å². The summed E-state index contributed by atoms with van der Waals surface area (Å²) < 4.78 is 26.1. The van der Waals surface area contributed by atoms with E-state index in [0.717, 1.165) is 13.8 Å². The van der Waals surface area contributed by atoms with Gasteiger partial charge in [-0.25, -0.2) is 14.2 Å². The lowest BCUT2D eigenvalue weighted by atomic mass is 10.4. The number of phosphoric ester groups is 1. The fourth-order valence-corrected chi connectivity index (χ4v) is 2.42.